The van der Waals surface area contributed by atoms with Crippen LogP contribution in [0, 0.1) is 13.8 Å². The Balaban J connectivity index is 0.00000324. The Labute approximate surface area is 204 Å². The largest absolute Gasteiger partial charge is 0.489 e. The lowest BCUT2D eigenvalue weighted by Gasteiger charge is -2.12. The van der Waals surface area contributed by atoms with E-state index >= 15 is 0 Å². The number of aryl methyl sites for hydroxylation is 2. The third-order valence-electron chi connectivity index (χ3n) is 5.14. The summed E-state index contributed by atoms with van der Waals surface area (Å²) in [5.41, 5.74) is 10.8. The van der Waals surface area contributed by atoms with E-state index in [1.807, 2.05) is 30.5 Å². The van der Waals surface area contributed by atoms with E-state index in [0.29, 0.717) is 37.0 Å². The van der Waals surface area contributed by atoms with Gasteiger partial charge in [-0.1, -0.05) is 37.3 Å². The van der Waals surface area contributed by atoms with Gasteiger partial charge in [0.2, 0.25) is 0 Å². The molecule has 0 amide bonds. The molecule has 0 bridgehead atoms. The topological polar surface area (TPSA) is 83.7 Å². The summed E-state index contributed by atoms with van der Waals surface area (Å²) in [5.74, 6) is 1.40. The van der Waals surface area contributed by atoms with Crippen LogP contribution in [0.2, 0.25) is 0 Å². The molecule has 34 heavy (non-hydrogen) atoms. The zero-order valence-corrected chi connectivity index (χ0v) is 19.7. The molecule has 0 spiro atoms. The number of fused-ring (bicyclic) bond motifs is 1. The second-order valence-corrected chi connectivity index (χ2v) is 8.67. The highest BCUT2D eigenvalue weighted by Gasteiger charge is 2.18. The number of nitrogens with zero attached hydrogens (tertiary/aromatic N) is 1. The van der Waals surface area contributed by atoms with Crippen molar-refractivity contribution < 1.29 is 19.0 Å². The van der Waals surface area contributed by atoms with Crippen LogP contribution in [-0.4, -0.2) is 17.6 Å². The maximum atomic E-state index is 12.3. The van der Waals surface area contributed by atoms with E-state index in [-0.39, 0.29) is 7.43 Å². The molecular weight excluding hydrogens is 448 g/mol. The van der Waals surface area contributed by atoms with Gasteiger partial charge in [0.25, 0.3) is 0 Å². The molecule has 0 fully saturated rings. The minimum Gasteiger partial charge on any atom is -0.489 e. The summed E-state index contributed by atoms with van der Waals surface area (Å²) in [5, 5.41) is 2.67. The highest BCUT2D eigenvalue weighted by Crippen LogP contribution is 2.34. The van der Waals surface area contributed by atoms with Gasteiger partial charge in [-0.05, 0) is 49.4 Å². The molecule has 7 heteroatoms. The number of anilines is 1. The van der Waals surface area contributed by atoms with Crippen LogP contribution in [0.5, 0.6) is 11.5 Å². The van der Waals surface area contributed by atoms with Crippen molar-refractivity contribution in [3.63, 3.8) is 0 Å². The van der Waals surface area contributed by atoms with Crippen LogP contribution >= 0.6 is 11.3 Å². The van der Waals surface area contributed by atoms with Crippen molar-refractivity contribution in [2.24, 2.45) is 0 Å². The molecule has 0 radical (unpaired) electrons. The van der Waals surface area contributed by atoms with Gasteiger partial charge in [0.15, 0.2) is 0 Å². The van der Waals surface area contributed by atoms with E-state index in [0.717, 1.165) is 32.5 Å². The first kappa shape index (κ1) is 25.1. The smallest absolute Gasteiger partial charge is 0.341 e. The SMILES string of the molecule is C.CCOC(=O)c1cnc(N)c2c(COc3cc(C)cc(OCc4ccc(C)cc4)c3)csc12. The number of pyridine rings is 1. The zero-order chi connectivity index (χ0) is 23.4. The van der Waals surface area contributed by atoms with Crippen molar-refractivity contribution in [3.8, 4) is 11.5 Å². The zero-order valence-electron chi connectivity index (χ0n) is 18.9. The molecule has 0 atom stereocenters. The third kappa shape index (κ3) is 5.66. The number of carbonyl (C=O) groups is 1. The van der Waals surface area contributed by atoms with Gasteiger partial charge in [0, 0.05) is 23.2 Å². The van der Waals surface area contributed by atoms with Crippen molar-refractivity contribution in [2.45, 2.75) is 41.4 Å². The third-order valence-corrected chi connectivity index (χ3v) is 6.20. The van der Waals surface area contributed by atoms with Gasteiger partial charge in [-0.3, -0.25) is 0 Å². The number of hydrogen-bond acceptors (Lipinski definition) is 7. The number of thiophene rings is 1. The lowest BCUT2D eigenvalue weighted by Crippen LogP contribution is -2.06. The number of ether oxygens (including phenoxy) is 3. The molecule has 0 aliphatic rings. The van der Waals surface area contributed by atoms with Gasteiger partial charge in [-0.2, -0.15) is 0 Å². The van der Waals surface area contributed by atoms with Crippen LogP contribution in [0.25, 0.3) is 10.1 Å². The Bertz CT molecular complexity index is 1280. The van der Waals surface area contributed by atoms with E-state index in [1.54, 1.807) is 6.92 Å². The quantitative estimate of drug-likeness (QED) is 0.292. The summed E-state index contributed by atoms with van der Waals surface area (Å²) in [4.78, 5) is 16.5. The molecule has 2 N–H and O–H groups in total. The molecule has 6 nitrogen and oxygen atoms in total. The normalized spacial score (nSPS) is 10.6. The Kier molecular flexibility index (Phi) is 8.12. The molecule has 178 valence electrons. The van der Waals surface area contributed by atoms with Crippen molar-refractivity contribution >= 4 is 33.2 Å². The van der Waals surface area contributed by atoms with Crippen LogP contribution in [-0.2, 0) is 18.0 Å². The number of nitrogens with two attached hydrogens (primary N) is 1. The molecule has 2 aromatic heterocycles. The highest BCUT2D eigenvalue weighted by atomic mass is 32.1. The fraction of sp³-hybridized carbons (Fsp3) is 0.259. The number of nitrogen functional groups attached to an aromatic ring is 1. The number of rotatable bonds is 8. The van der Waals surface area contributed by atoms with Crippen molar-refractivity contribution in [1.82, 2.24) is 4.98 Å². The second kappa shape index (κ2) is 11.0. The summed E-state index contributed by atoms with van der Waals surface area (Å²) in [7, 11) is 0. The molecule has 4 rings (SSSR count). The molecule has 2 aromatic carbocycles. The average molecular weight is 479 g/mol. The maximum Gasteiger partial charge on any atom is 0.341 e. The average Bonchev–Trinajstić information content (AvgIpc) is 3.22. The fourth-order valence-electron chi connectivity index (χ4n) is 3.48. The molecule has 4 aromatic rings. The van der Waals surface area contributed by atoms with E-state index in [2.05, 4.69) is 36.2 Å². The van der Waals surface area contributed by atoms with Crippen LogP contribution in [0.1, 0.15) is 47.0 Å². The number of benzene rings is 2. The summed E-state index contributed by atoms with van der Waals surface area (Å²) in [6.45, 7) is 6.91. The summed E-state index contributed by atoms with van der Waals surface area (Å²) in [6.07, 6.45) is 1.47. The summed E-state index contributed by atoms with van der Waals surface area (Å²) >= 11 is 1.43. The van der Waals surface area contributed by atoms with Crippen LogP contribution in [0.4, 0.5) is 5.82 Å². The van der Waals surface area contributed by atoms with E-state index in [4.69, 9.17) is 19.9 Å². The van der Waals surface area contributed by atoms with Crippen LogP contribution in [0.15, 0.2) is 54.0 Å². The number of esters is 1. The van der Waals surface area contributed by atoms with Crippen molar-refractivity contribution in [1.29, 1.82) is 0 Å². The maximum absolute atomic E-state index is 12.3. The lowest BCUT2D eigenvalue weighted by atomic mass is 10.1. The molecule has 0 saturated carbocycles. The Morgan fingerprint density at radius 3 is 2.35 bits per heavy atom. The molecule has 0 aliphatic heterocycles. The highest BCUT2D eigenvalue weighted by molar-refractivity contribution is 7.17. The van der Waals surface area contributed by atoms with Crippen LogP contribution < -0.4 is 15.2 Å². The molecular formula is C27H30N2O4S. The molecule has 0 aliphatic carbocycles. The Morgan fingerprint density at radius 2 is 1.68 bits per heavy atom. The number of hydrogen-bond donors (Lipinski definition) is 1. The standard InChI is InChI=1S/C26H26N2O4S.CH4/c1-4-30-26(29)22-12-28-25(27)23-19(15-33-24(22)23)14-32-21-10-17(3)9-20(11-21)31-13-18-7-5-16(2)6-8-18;/h5-12,15H,4,13-14H2,1-3H3,(H2,27,28);1H4. The lowest BCUT2D eigenvalue weighted by molar-refractivity contribution is 0.0528. The fourth-order valence-corrected chi connectivity index (χ4v) is 4.55. The van der Waals surface area contributed by atoms with Crippen molar-refractivity contribution in [3.05, 3.63) is 81.9 Å². The second-order valence-electron chi connectivity index (χ2n) is 7.79. The monoisotopic (exact) mass is 478 g/mol. The first-order valence-corrected chi connectivity index (χ1v) is 11.6. The van der Waals surface area contributed by atoms with Crippen LogP contribution in [0.3, 0.4) is 0 Å². The minimum absolute atomic E-state index is 0. The summed E-state index contributed by atoms with van der Waals surface area (Å²) < 4.78 is 18.0. The first-order chi connectivity index (χ1) is 15.9. The van der Waals surface area contributed by atoms with E-state index < -0.39 is 5.97 Å². The van der Waals surface area contributed by atoms with Gasteiger partial charge < -0.3 is 19.9 Å². The van der Waals surface area contributed by atoms with Gasteiger partial charge in [-0.15, -0.1) is 11.3 Å². The van der Waals surface area contributed by atoms with E-state index in [1.165, 1.54) is 23.1 Å². The molecule has 2 heterocycles. The van der Waals surface area contributed by atoms with E-state index in [9.17, 15) is 4.79 Å². The molecule has 0 unspecified atom stereocenters. The van der Waals surface area contributed by atoms with Gasteiger partial charge >= 0.3 is 5.97 Å². The van der Waals surface area contributed by atoms with Gasteiger partial charge in [0.1, 0.15) is 30.5 Å². The van der Waals surface area contributed by atoms with Gasteiger partial charge in [0.05, 0.1) is 16.9 Å². The molecule has 0 saturated heterocycles. The number of aromatic nitrogens is 1. The Hall–Kier alpha value is -3.58. The number of carbonyl (C=O) groups excluding carboxylic acids is 1. The van der Waals surface area contributed by atoms with Crippen molar-refractivity contribution in [2.75, 3.05) is 12.3 Å². The predicted molar refractivity (Wildman–Crippen MR) is 138 cm³/mol. The van der Waals surface area contributed by atoms with Gasteiger partial charge in [-0.25, -0.2) is 9.78 Å². The first-order valence-electron chi connectivity index (χ1n) is 10.7. The Morgan fingerprint density at radius 1 is 1.00 bits per heavy atom. The minimum atomic E-state index is -0.404. The summed E-state index contributed by atoms with van der Waals surface area (Å²) in [6, 6.07) is 14.1. The predicted octanol–water partition coefficient (Wildman–Crippen LogP) is 6.47.